The number of aliphatic hydroxyl groups is 1. The molecule has 0 bridgehead atoms. The Morgan fingerprint density at radius 3 is 2.64 bits per heavy atom. The second-order valence-electron chi connectivity index (χ2n) is 6.65. The number of aliphatic hydroxyl groups excluding tert-OH is 1. The summed E-state index contributed by atoms with van der Waals surface area (Å²) in [6.45, 7) is 5.60. The smallest absolute Gasteiger partial charge is 0.260 e. The van der Waals surface area contributed by atoms with Crippen LogP contribution in [-0.2, 0) is 16.8 Å². The lowest BCUT2D eigenvalue weighted by atomic mass is 9.84. The van der Waals surface area contributed by atoms with Gasteiger partial charge in [0.25, 0.3) is 5.91 Å². The zero-order valence-electron chi connectivity index (χ0n) is 14.8. The monoisotopic (exact) mass is 345 g/mol. The largest absolute Gasteiger partial charge is 0.481 e. The molecule has 4 nitrogen and oxygen atoms in total. The van der Waals surface area contributed by atoms with Gasteiger partial charge in [-0.25, -0.2) is 4.39 Å². The molecule has 0 heterocycles. The van der Waals surface area contributed by atoms with Gasteiger partial charge in [-0.3, -0.25) is 4.79 Å². The van der Waals surface area contributed by atoms with E-state index in [4.69, 9.17) is 9.84 Å². The molecule has 0 spiro atoms. The van der Waals surface area contributed by atoms with E-state index >= 15 is 0 Å². The van der Waals surface area contributed by atoms with Gasteiger partial charge in [-0.05, 0) is 36.2 Å². The van der Waals surface area contributed by atoms with E-state index in [1.54, 1.807) is 49.4 Å². The normalized spacial score (nSPS) is 12.5. The highest BCUT2D eigenvalue weighted by atomic mass is 19.1. The molecule has 1 atom stereocenters. The first-order valence-corrected chi connectivity index (χ1v) is 8.22. The molecule has 134 valence electrons. The molecule has 0 aliphatic rings. The van der Waals surface area contributed by atoms with Crippen LogP contribution < -0.4 is 10.1 Å². The molecule has 0 aliphatic heterocycles. The van der Waals surface area contributed by atoms with Gasteiger partial charge >= 0.3 is 0 Å². The molecule has 25 heavy (non-hydrogen) atoms. The van der Waals surface area contributed by atoms with E-state index in [1.165, 1.54) is 6.07 Å². The van der Waals surface area contributed by atoms with E-state index in [0.717, 1.165) is 0 Å². The zero-order chi connectivity index (χ0) is 18.4. The molecule has 1 unspecified atom stereocenters. The van der Waals surface area contributed by atoms with Crippen molar-refractivity contribution >= 4 is 5.91 Å². The fraction of sp³-hybridized carbons (Fsp3) is 0.350. The standard InChI is InChI=1S/C20H24FNO3/c1-14(25-16-8-6-7-15(11-16)12-23)19(24)22-13-20(2,3)17-9-4-5-10-18(17)21/h4-11,14,23H,12-13H2,1-3H3,(H,22,24). The fourth-order valence-corrected chi connectivity index (χ4v) is 2.53. The number of rotatable bonds is 7. The molecule has 0 aromatic heterocycles. The molecule has 2 rings (SSSR count). The van der Waals surface area contributed by atoms with E-state index in [1.807, 2.05) is 13.8 Å². The Hall–Kier alpha value is -2.40. The summed E-state index contributed by atoms with van der Waals surface area (Å²) in [7, 11) is 0. The van der Waals surface area contributed by atoms with Gasteiger partial charge in [0.05, 0.1) is 6.61 Å². The molecule has 0 radical (unpaired) electrons. The molecular weight excluding hydrogens is 321 g/mol. The minimum atomic E-state index is -0.703. The number of ether oxygens (including phenoxy) is 1. The van der Waals surface area contributed by atoms with E-state index in [9.17, 15) is 9.18 Å². The van der Waals surface area contributed by atoms with Crippen LogP contribution in [0.25, 0.3) is 0 Å². The second-order valence-corrected chi connectivity index (χ2v) is 6.65. The van der Waals surface area contributed by atoms with Crippen LogP contribution in [0.2, 0.25) is 0 Å². The van der Waals surface area contributed by atoms with Crippen molar-refractivity contribution in [2.75, 3.05) is 6.54 Å². The maximum absolute atomic E-state index is 14.0. The molecule has 1 amide bonds. The number of carbonyl (C=O) groups is 1. The Labute approximate surface area is 147 Å². The van der Waals surface area contributed by atoms with Crippen LogP contribution in [0.4, 0.5) is 4.39 Å². The molecule has 2 aromatic carbocycles. The number of hydrogen-bond donors (Lipinski definition) is 2. The number of halogens is 1. The highest BCUT2D eigenvalue weighted by molar-refractivity contribution is 5.80. The lowest BCUT2D eigenvalue weighted by Gasteiger charge is -2.27. The average Bonchev–Trinajstić information content (AvgIpc) is 2.60. The first kappa shape index (κ1) is 18.9. The summed E-state index contributed by atoms with van der Waals surface area (Å²) in [4.78, 5) is 12.3. The van der Waals surface area contributed by atoms with Crippen LogP contribution in [0.1, 0.15) is 31.9 Å². The third kappa shape index (κ3) is 5.03. The van der Waals surface area contributed by atoms with Gasteiger partial charge in [0.1, 0.15) is 11.6 Å². The first-order chi connectivity index (χ1) is 11.8. The Morgan fingerprint density at radius 1 is 1.24 bits per heavy atom. The lowest BCUT2D eigenvalue weighted by molar-refractivity contribution is -0.127. The van der Waals surface area contributed by atoms with Gasteiger partial charge in [0.15, 0.2) is 6.10 Å². The molecule has 2 aromatic rings. The van der Waals surface area contributed by atoms with Gasteiger partial charge in [-0.2, -0.15) is 0 Å². The molecule has 0 fully saturated rings. The summed E-state index contributed by atoms with van der Waals surface area (Å²) in [5, 5.41) is 12.0. The summed E-state index contributed by atoms with van der Waals surface area (Å²) in [6, 6.07) is 13.5. The highest BCUT2D eigenvalue weighted by Gasteiger charge is 2.26. The van der Waals surface area contributed by atoms with Crippen molar-refractivity contribution in [2.24, 2.45) is 0 Å². The molecular formula is C20H24FNO3. The van der Waals surface area contributed by atoms with Crippen LogP contribution in [0.15, 0.2) is 48.5 Å². The first-order valence-electron chi connectivity index (χ1n) is 8.22. The van der Waals surface area contributed by atoms with E-state index < -0.39 is 11.5 Å². The van der Waals surface area contributed by atoms with Crippen molar-refractivity contribution in [3.8, 4) is 5.75 Å². The van der Waals surface area contributed by atoms with Gasteiger partial charge in [0.2, 0.25) is 0 Å². The second kappa shape index (κ2) is 8.12. The Balaban J connectivity index is 1.95. The summed E-state index contributed by atoms with van der Waals surface area (Å²) in [5.41, 5.74) is 0.725. The van der Waals surface area contributed by atoms with Crippen molar-refractivity contribution < 1.29 is 19.0 Å². The number of carbonyl (C=O) groups excluding carboxylic acids is 1. The highest BCUT2D eigenvalue weighted by Crippen LogP contribution is 2.25. The van der Waals surface area contributed by atoms with Crippen LogP contribution in [0, 0.1) is 5.82 Å². The number of benzene rings is 2. The zero-order valence-corrected chi connectivity index (χ0v) is 14.8. The van der Waals surface area contributed by atoms with Crippen molar-refractivity contribution in [2.45, 2.75) is 38.9 Å². The van der Waals surface area contributed by atoms with Gasteiger partial charge in [-0.1, -0.05) is 44.2 Å². The average molecular weight is 345 g/mol. The maximum atomic E-state index is 14.0. The quantitative estimate of drug-likeness (QED) is 0.810. The van der Waals surface area contributed by atoms with Crippen LogP contribution in [-0.4, -0.2) is 23.7 Å². The summed E-state index contributed by atoms with van der Waals surface area (Å²) in [6.07, 6.45) is -0.703. The third-order valence-corrected chi connectivity index (χ3v) is 4.07. The minimum Gasteiger partial charge on any atom is -0.481 e. The maximum Gasteiger partial charge on any atom is 0.260 e. The fourth-order valence-electron chi connectivity index (χ4n) is 2.53. The van der Waals surface area contributed by atoms with Crippen LogP contribution >= 0.6 is 0 Å². The van der Waals surface area contributed by atoms with E-state index in [-0.39, 0.29) is 24.9 Å². The van der Waals surface area contributed by atoms with Crippen LogP contribution in [0.5, 0.6) is 5.75 Å². The third-order valence-electron chi connectivity index (χ3n) is 4.07. The predicted molar refractivity (Wildman–Crippen MR) is 94.9 cm³/mol. The lowest BCUT2D eigenvalue weighted by Crippen LogP contribution is -2.43. The molecule has 2 N–H and O–H groups in total. The van der Waals surface area contributed by atoms with Gasteiger partial charge < -0.3 is 15.2 Å². The van der Waals surface area contributed by atoms with Crippen LogP contribution in [0.3, 0.4) is 0 Å². The van der Waals surface area contributed by atoms with Gasteiger partial charge in [-0.15, -0.1) is 0 Å². The summed E-state index contributed by atoms with van der Waals surface area (Å²) < 4.78 is 19.6. The molecule has 0 saturated carbocycles. The predicted octanol–water partition coefficient (Wildman–Crippen LogP) is 3.18. The number of hydrogen-bond acceptors (Lipinski definition) is 3. The Bertz CT molecular complexity index is 730. The summed E-state index contributed by atoms with van der Waals surface area (Å²) in [5.74, 6) is -0.0479. The molecule has 0 saturated heterocycles. The van der Waals surface area contributed by atoms with Crippen molar-refractivity contribution in [3.63, 3.8) is 0 Å². The SMILES string of the molecule is CC(Oc1cccc(CO)c1)C(=O)NCC(C)(C)c1ccccc1F. The Morgan fingerprint density at radius 2 is 1.96 bits per heavy atom. The molecule has 5 heteroatoms. The number of nitrogens with one attached hydrogen (secondary N) is 1. The van der Waals surface area contributed by atoms with Gasteiger partial charge in [0, 0.05) is 12.0 Å². The topological polar surface area (TPSA) is 58.6 Å². The van der Waals surface area contributed by atoms with Crippen molar-refractivity contribution in [1.82, 2.24) is 5.32 Å². The van der Waals surface area contributed by atoms with Crippen molar-refractivity contribution in [1.29, 1.82) is 0 Å². The Kier molecular flexibility index (Phi) is 6.15. The minimum absolute atomic E-state index is 0.0887. The van der Waals surface area contributed by atoms with E-state index in [2.05, 4.69) is 5.32 Å². The van der Waals surface area contributed by atoms with E-state index in [0.29, 0.717) is 16.9 Å². The molecule has 0 aliphatic carbocycles. The summed E-state index contributed by atoms with van der Waals surface area (Å²) >= 11 is 0. The van der Waals surface area contributed by atoms with Crippen molar-refractivity contribution in [3.05, 3.63) is 65.5 Å². The number of amides is 1.